The van der Waals surface area contributed by atoms with Gasteiger partial charge in [0.25, 0.3) is 0 Å². The summed E-state index contributed by atoms with van der Waals surface area (Å²) in [5.74, 6) is 0.158. The van der Waals surface area contributed by atoms with Crippen LogP contribution in [0.4, 0.5) is 0 Å². The van der Waals surface area contributed by atoms with E-state index in [1.165, 1.54) is 21.3 Å². The van der Waals surface area contributed by atoms with Crippen molar-refractivity contribution in [1.29, 1.82) is 0 Å². The third kappa shape index (κ3) is 6.48. The van der Waals surface area contributed by atoms with Gasteiger partial charge < -0.3 is 13.3 Å². The third-order valence-electron chi connectivity index (χ3n) is 2.45. The van der Waals surface area contributed by atoms with Gasteiger partial charge in [-0.05, 0) is 6.42 Å². The van der Waals surface area contributed by atoms with Gasteiger partial charge in [0.05, 0.1) is 5.75 Å². The molecule has 0 bridgehead atoms. The summed E-state index contributed by atoms with van der Waals surface area (Å²) in [6, 6.07) is 0.419. The average molecular weight is 285 g/mol. The van der Waals surface area contributed by atoms with Crippen LogP contribution >= 0.6 is 0 Å². The normalized spacial score (nSPS) is 12.9. The van der Waals surface area contributed by atoms with Gasteiger partial charge in [-0.25, -0.2) is 13.1 Å². The molecule has 0 saturated heterocycles. The van der Waals surface area contributed by atoms with Crippen molar-refractivity contribution in [2.24, 2.45) is 0 Å². The molecule has 0 saturated carbocycles. The second-order valence-corrected chi connectivity index (χ2v) is 8.63. The van der Waals surface area contributed by atoms with Gasteiger partial charge in [-0.2, -0.15) is 0 Å². The van der Waals surface area contributed by atoms with E-state index in [9.17, 15) is 8.42 Å². The van der Waals surface area contributed by atoms with Gasteiger partial charge in [-0.3, -0.25) is 0 Å². The molecule has 8 heteroatoms. The zero-order chi connectivity index (χ0) is 13.4. The van der Waals surface area contributed by atoms with Crippen LogP contribution in [0.15, 0.2) is 0 Å². The first kappa shape index (κ1) is 17.0. The molecule has 0 amide bonds. The summed E-state index contributed by atoms with van der Waals surface area (Å²) in [5.41, 5.74) is 0. The van der Waals surface area contributed by atoms with Crippen LogP contribution < -0.4 is 4.72 Å². The molecule has 0 radical (unpaired) electrons. The Labute approximate surface area is 105 Å². The second kappa shape index (κ2) is 8.17. The van der Waals surface area contributed by atoms with E-state index in [-0.39, 0.29) is 12.3 Å². The Morgan fingerprint density at radius 2 is 1.65 bits per heavy atom. The van der Waals surface area contributed by atoms with Crippen molar-refractivity contribution in [2.45, 2.75) is 25.8 Å². The van der Waals surface area contributed by atoms with E-state index in [0.29, 0.717) is 12.5 Å². The zero-order valence-electron chi connectivity index (χ0n) is 11.0. The molecule has 0 aliphatic carbocycles. The average Bonchev–Trinajstić information content (AvgIpc) is 2.33. The van der Waals surface area contributed by atoms with Crippen molar-refractivity contribution in [1.82, 2.24) is 4.72 Å². The standard InChI is InChI=1S/C9H23NO5SSi/c1-5-6-8-16(11,12)10-7-9-17(13-2,14-3)15-4/h10H,5-9H2,1-4H3. The van der Waals surface area contributed by atoms with Crippen LogP contribution in [0.1, 0.15) is 19.8 Å². The van der Waals surface area contributed by atoms with E-state index in [0.717, 1.165) is 6.42 Å². The molecule has 0 unspecified atom stereocenters. The Bertz CT molecular complexity index is 283. The van der Waals surface area contributed by atoms with Gasteiger partial charge in [0, 0.05) is 33.9 Å². The molecule has 0 aliphatic heterocycles. The number of sulfonamides is 1. The Morgan fingerprint density at radius 3 is 2.06 bits per heavy atom. The highest BCUT2D eigenvalue weighted by molar-refractivity contribution is 7.89. The maximum atomic E-state index is 11.5. The predicted molar refractivity (Wildman–Crippen MR) is 68.3 cm³/mol. The maximum absolute atomic E-state index is 11.5. The lowest BCUT2D eigenvalue weighted by molar-refractivity contribution is 0.124. The molecule has 104 valence electrons. The summed E-state index contributed by atoms with van der Waals surface area (Å²) in [4.78, 5) is 0. The predicted octanol–water partition coefficient (Wildman–Crippen LogP) is 0.584. The summed E-state index contributed by atoms with van der Waals surface area (Å²) in [5, 5.41) is 0. The van der Waals surface area contributed by atoms with Crippen LogP contribution in [0.2, 0.25) is 6.04 Å². The van der Waals surface area contributed by atoms with Crippen molar-refractivity contribution in [3.05, 3.63) is 0 Å². The van der Waals surface area contributed by atoms with Crippen LogP contribution in [0.25, 0.3) is 0 Å². The molecule has 0 fully saturated rings. The number of hydrogen-bond acceptors (Lipinski definition) is 5. The SMILES string of the molecule is CCCCS(=O)(=O)NCC[Si](OC)(OC)OC. The molecular formula is C9H23NO5SSi. The third-order valence-corrected chi connectivity index (χ3v) is 6.65. The molecule has 0 atom stereocenters. The molecule has 1 N–H and O–H groups in total. The minimum Gasteiger partial charge on any atom is -0.377 e. The number of hydrogen-bond donors (Lipinski definition) is 1. The van der Waals surface area contributed by atoms with Crippen molar-refractivity contribution in [2.75, 3.05) is 33.6 Å². The fourth-order valence-corrected chi connectivity index (χ4v) is 4.27. The molecule has 0 heterocycles. The summed E-state index contributed by atoms with van der Waals surface area (Å²) >= 11 is 0. The van der Waals surface area contributed by atoms with Crippen molar-refractivity contribution < 1.29 is 21.7 Å². The first-order chi connectivity index (χ1) is 7.95. The van der Waals surface area contributed by atoms with Gasteiger partial charge >= 0.3 is 8.80 Å². The number of nitrogens with one attached hydrogen (secondary N) is 1. The molecule has 6 nitrogen and oxygen atoms in total. The highest BCUT2D eigenvalue weighted by atomic mass is 32.2. The van der Waals surface area contributed by atoms with E-state index < -0.39 is 18.8 Å². The second-order valence-electron chi connectivity index (χ2n) is 3.61. The van der Waals surface area contributed by atoms with Crippen molar-refractivity contribution >= 4 is 18.8 Å². The van der Waals surface area contributed by atoms with E-state index >= 15 is 0 Å². The van der Waals surface area contributed by atoms with Gasteiger partial charge in [0.15, 0.2) is 0 Å². The molecule has 0 aromatic carbocycles. The molecule has 0 rings (SSSR count). The van der Waals surface area contributed by atoms with Crippen LogP contribution in [-0.2, 0) is 23.3 Å². The van der Waals surface area contributed by atoms with Crippen LogP contribution in [-0.4, -0.2) is 50.8 Å². The fourth-order valence-electron chi connectivity index (χ4n) is 1.32. The molecular weight excluding hydrogens is 262 g/mol. The lowest BCUT2D eigenvalue weighted by atomic mass is 10.4. The van der Waals surface area contributed by atoms with Crippen LogP contribution in [0.5, 0.6) is 0 Å². The van der Waals surface area contributed by atoms with Gasteiger partial charge in [0.1, 0.15) is 0 Å². The van der Waals surface area contributed by atoms with Gasteiger partial charge in [0.2, 0.25) is 10.0 Å². The fraction of sp³-hybridized carbons (Fsp3) is 1.00. The van der Waals surface area contributed by atoms with Gasteiger partial charge in [-0.15, -0.1) is 0 Å². The molecule has 0 aliphatic rings. The zero-order valence-corrected chi connectivity index (χ0v) is 12.8. The van der Waals surface area contributed by atoms with Crippen LogP contribution in [0, 0.1) is 0 Å². The number of unbranched alkanes of at least 4 members (excludes halogenated alkanes) is 1. The molecule has 0 aromatic heterocycles. The monoisotopic (exact) mass is 285 g/mol. The first-order valence-corrected chi connectivity index (χ1v) is 9.16. The maximum Gasteiger partial charge on any atom is 0.501 e. The van der Waals surface area contributed by atoms with Gasteiger partial charge in [-0.1, -0.05) is 13.3 Å². The minimum absolute atomic E-state index is 0.158. The van der Waals surface area contributed by atoms with Crippen LogP contribution in [0.3, 0.4) is 0 Å². The molecule has 0 aromatic rings. The van der Waals surface area contributed by atoms with E-state index in [1.807, 2.05) is 6.92 Å². The Morgan fingerprint density at radius 1 is 1.12 bits per heavy atom. The summed E-state index contributed by atoms with van der Waals surface area (Å²) < 4.78 is 41.1. The summed E-state index contributed by atoms with van der Waals surface area (Å²) in [6.07, 6.45) is 1.52. The Hall–Kier alpha value is 0.00688. The van der Waals surface area contributed by atoms with E-state index in [4.69, 9.17) is 13.3 Å². The molecule has 17 heavy (non-hydrogen) atoms. The lowest BCUT2D eigenvalue weighted by Gasteiger charge is -2.24. The smallest absolute Gasteiger partial charge is 0.377 e. The summed E-state index contributed by atoms with van der Waals surface area (Å²) in [7, 11) is -1.35. The minimum atomic E-state index is -3.19. The Balaban J connectivity index is 4.12. The van der Waals surface area contributed by atoms with Crippen molar-refractivity contribution in [3.8, 4) is 0 Å². The summed E-state index contributed by atoms with van der Waals surface area (Å²) in [6.45, 7) is 2.22. The highest BCUT2D eigenvalue weighted by Gasteiger charge is 2.37. The van der Waals surface area contributed by atoms with E-state index in [2.05, 4.69) is 4.72 Å². The first-order valence-electron chi connectivity index (χ1n) is 5.58. The highest BCUT2D eigenvalue weighted by Crippen LogP contribution is 2.11. The largest absolute Gasteiger partial charge is 0.501 e. The quantitative estimate of drug-likeness (QED) is 0.595. The van der Waals surface area contributed by atoms with Crippen molar-refractivity contribution in [3.63, 3.8) is 0 Å². The number of rotatable bonds is 10. The molecule has 0 spiro atoms. The Kier molecular flexibility index (Phi) is 8.17. The topological polar surface area (TPSA) is 73.9 Å². The lowest BCUT2D eigenvalue weighted by Crippen LogP contribution is -2.45. The van der Waals surface area contributed by atoms with E-state index in [1.54, 1.807) is 0 Å².